The SMILES string of the molecule is COC(=O)C(CSc1cc(Cl)ccc1Cl)c1ccccc1. The van der Waals surface area contributed by atoms with E-state index in [0.29, 0.717) is 15.8 Å². The number of thioether (sulfide) groups is 1. The molecule has 0 N–H and O–H groups in total. The second-order valence-corrected chi connectivity index (χ2v) is 6.28. The molecule has 0 aliphatic heterocycles. The number of hydrogen-bond donors (Lipinski definition) is 0. The molecular formula is C16H14Cl2O2S. The van der Waals surface area contributed by atoms with Crippen molar-refractivity contribution in [2.75, 3.05) is 12.9 Å². The molecule has 2 rings (SSSR count). The van der Waals surface area contributed by atoms with Gasteiger partial charge in [-0.25, -0.2) is 0 Å². The van der Waals surface area contributed by atoms with Crippen LogP contribution in [0, 0.1) is 0 Å². The molecule has 2 aromatic rings. The summed E-state index contributed by atoms with van der Waals surface area (Å²) in [6.07, 6.45) is 0. The second-order valence-electron chi connectivity index (χ2n) is 4.37. The van der Waals surface area contributed by atoms with Crippen molar-refractivity contribution in [3.63, 3.8) is 0 Å². The van der Waals surface area contributed by atoms with E-state index in [1.165, 1.54) is 18.9 Å². The van der Waals surface area contributed by atoms with Crippen molar-refractivity contribution < 1.29 is 9.53 Å². The molecule has 0 aromatic heterocycles. The first-order chi connectivity index (χ1) is 10.1. The van der Waals surface area contributed by atoms with Crippen molar-refractivity contribution in [3.8, 4) is 0 Å². The van der Waals surface area contributed by atoms with Gasteiger partial charge in [0.1, 0.15) is 0 Å². The number of carbonyl (C=O) groups is 1. The summed E-state index contributed by atoms with van der Waals surface area (Å²) >= 11 is 13.6. The largest absolute Gasteiger partial charge is 0.469 e. The van der Waals surface area contributed by atoms with Gasteiger partial charge >= 0.3 is 5.97 Å². The van der Waals surface area contributed by atoms with E-state index in [-0.39, 0.29) is 11.9 Å². The number of hydrogen-bond acceptors (Lipinski definition) is 3. The Morgan fingerprint density at radius 2 is 1.90 bits per heavy atom. The summed E-state index contributed by atoms with van der Waals surface area (Å²) in [6, 6.07) is 14.9. The van der Waals surface area contributed by atoms with Gasteiger partial charge in [0.2, 0.25) is 0 Å². The Morgan fingerprint density at radius 1 is 1.19 bits per heavy atom. The van der Waals surface area contributed by atoms with E-state index < -0.39 is 0 Å². The van der Waals surface area contributed by atoms with E-state index >= 15 is 0 Å². The molecule has 1 unspecified atom stereocenters. The standard InChI is InChI=1S/C16H14Cl2O2S/c1-20-16(19)13(11-5-3-2-4-6-11)10-21-15-9-12(17)7-8-14(15)18/h2-9,13H,10H2,1H3. The third kappa shape index (κ3) is 4.40. The molecule has 0 bridgehead atoms. The van der Waals surface area contributed by atoms with Crippen molar-refractivity contribution in [1.29, 1.82) is 0 Å². The first-order valence-corrected chi connectivity index (χ1v) is 8.06. The fourth-order valence-electron chi connectivity index (χ4n) is 1.89. The lowest BCUT2D eigenvalue weighted by atomic mass is 10.0. The molecule has 21 heavy (non-hydrogen) atoms. The maximum Gasteiger partial charge on any atom is 0.313 e. The van der Waals surface area contributed by atoms with E-state index in [9.17, 15) is 4.79 Å². The van der Waals surface area contributed by atoms with Gasteiger partial charge in [0, 0.05) is 15.7 Å². The molecule has 0 saturated heterocycles. The van der Waals surface area contributed by atoms with Gasteiger partial charge in [-0.05, 0) is 23.8 Å². The first-order valence-electron chi connectivity index (χ1n) is 6.32. The molecule has 5 heteroatoms. The van der Waals surface area contributed by atoms with Crippen LogP contribution in [-0.4, -0.2) is 18.8 Å². The van der Waals surface area contributed by atoms with Gasteiger partial charge < -0.3 is 4.74 Å². The highest BCUT2D eigenvalue weighted by Gasteiger charge is 2.22. The van der Waals surface area contributed by atoms with Gasteiger partial charge in [-0.2, -0.15) is 0 Å². The monoisotopic (exact) mass is 340 g/mol. The van der Waals surface area contributed by atoms with Gasteiger partial charge in [0.25, 0.3) is 0 Å². The molecule has 0 spiro atoms. The molecular weight excluding hydrogens is 327 g/mol. The molecule has 2 nitrogen and oxygen atoms in total. The number of halogens is 2. The van der Waals surface area contributed by atoms with Gasteiger partial charge in [0.15, 0.2) is 0 Å². The van der Waals surface area contributed by atoms with Crippen LogP contribution in [0.2, 0.25) is 10.0 Å². The number of esters is 1. The van der Waals surface area contributed by atoms with Crippen LogP contribution in [-0.2, 0) is 9.53 Å². The zero-order valence-corrected chi connectivity index (χ0v) is 13.7. The van der Waals surface area contributed by atoms with E-state index in [4.69, 9.17) is 27.9 Å². The Balaban J connectivity index is 2.16. The molecule has 0 amide bonds. The predicted octanol–water partition coefficient (Wildman–Crippen LogP) is 5.04. The Kier molecular flexibility index (Phi) is 5.97. The molecule has 0 radical (unpaired) electrons. The molecule has 0 aliphatic rings. The summed E-state index contributed by atoms with van der Waals surface area (Å²) in [5, 5.41) is 1.25. The summed E-state index contributed by atoms with van der Waals surface area (Å²) < 4.78 is 4.90. The van der Waals surface area contributed by atoms with Crippen molar-refractivity contribution >= 4 is 40.9 Å². The molecule has 110 valence electrons. The Hall–Kier alpha value is -1.16. The normalized spacial score (nSPS) is 12.0. The molecule has 1 atom stereocenters. The van der Waals surface area contributed by atoms with Gasteiger partial charge in [-0.3, -0.25) is 4.79 Å². The Labute approximate surface area is 138 Å². The molecule has 0 aliphatic carbocycles. The van der Waals surface area contributed by atoms with Crippen molar-refractivity contribution in [2.24, 2.45) is 0 Å². The highest BCUT2D eigenvalue weighted by Crippen LogP contribution is 2.33. The summed E-state index contributed by atoms with van der Waals surface area (Å²) in [5.74, 6) is -0.0559. The Bertz CT molecular complexity index is 617. The van der Waals surface area contributed by atoms with Gasteiger partial charge in [-0.1, -0.05) is 53.5 Å². The van der Waals surface area contributed by atoms with Crippen molar-refractivity contribution in [3.05, 3.63) is 64.1 Å². The zero-order chi connectivity index (χ0) is 15.2. The summed E-state index contributed by atoms with van der Waals surface area (Å²) in [5.41, 5.74) is 0.926. The number of carbonyl (C=O) groups excluding carboxylic acids is 1. The number of ether oxygens (including phenoxy) is 1. The highest BCUT2D eigenvalue weighted by atomic mass is 35.5. The van der Waals surface area contributed by atoms with E-state index in [1.807, 2.05) is 30.3 Å². The lowest BCUT2D eigenvalue weighted by Gasteiger charge is -2.15. The topological polar surface area (TPSA) is 26.3 Å². The van der Waals surface area contributed by atoms with Crippen molar-refractivity contribution in [1.82, 2.24) is 0 Å². The van der Waals surface area contributed by atoms with Crippen LogP contribution in [0.3, 0.4) is 0 Å². The lowest BCUT2D eigenvalue weighted by molar-refractivity contribution is -0.141. The maximum atomic E-state index is 12.0. The van der Waals surface area contributed by atoms with E-state index in [2.05, 4.69) is 0 Å². The predicted molar refractivity (Wildman–Crippen MR) is 88.4 cm³/mol. The average Bonchev–Trinajstić information content (AvgIpc) is 2.51. The number of rotatable bonds is 5. The summed E-state index contributed by atoms with van der Waals surface area (Å²) in [4.78, 5) is 12.8. The van der Waals surface area contributed by atoms with Crippen LogP contribution in [0.15, 0.2) is 53.4 Å². The lowest BCUT2D eigenvalue weighted by Crippen LogP contribution is -2.16. The molecule has 0 saturated carbocycles. The van der Waals surface area contributed by atoms with Crippen molar-refractivity contribution in [2.45, 2.75) is 10.8 Å². The van der Waals surface area contributed by atoms with E-state index in [0.717, 1.165) is 10.5 Å². The van der Waals surface area contributed by atoms with Crippen LogP contribution in [0.5, 0.6) is 0 Å². The first kappa shape index (κ1) is 16.2. The third-order valence-electron chi connectivity index (χ3n) is 2.99. The fraction of sp³-hybridized carbons (Fsp3) is 0.188. The molecule has 0 fully saturated rings. The van der Waals surface area contributed by atoms with E-state index in [1.54, 1.807) is 18.2 Å². The molecule has 2 aromatic carbocycles. The van der Waals surface area contributed by atoms with Gasteiger partial charge in [0.05, 0.1) is 18.1 Å². The van der Waals surface area contributed by atoms with Crippen LogP contribution < -0.4 is 0 Å². The third-order valence-corrected chi connectivity index (χ3v) is 4.81. The van der Waals surface area contributed by atoms with Gasteiger partial charge in [-0.15, -0.1) is 11.8 Å². The summed E-state index contributed by atoms with van der Waals surface area (Å²) in [6.45, 7) is 0. The number of methoxy groups -OCH3 is 1. The second kappa shape index (κ2) is 7.74. The Morgan fingerprint density at radius 3 is 2.57 bits per heavy atom. The smallest absolute Gasteiger partial charge is 0.313 e. The van der Waals surface area contributed by atoms with Crippen LogP contribution >= 0.6 is 35.0 Å². The quantitative estimate of drug-likeness (QED) is 0.563. The fourth-order valence-corrected chi connectivity index (χ4v) is 3.50. The highest BCUT2D eigenvalue weighted by molar-refractivity contribution is 7.99. The maximum absolute atomic E-state index is 12.0. The van der Waals surface area contributed by atoms with Crippen LogP contribution in [0.1, 0.15) is 11.5 Å². The summed E-state index contributed by atoms with van der Waals surface area (Å²) in [7, 11) is 1.40. The van der Waals surface area contributed by atoms with Crippen LogP contribution in [0.25, 0.3) is 0 Å². The minimum absolute atomic E-state index is 0.258. The molecule has 0 heterocycles. The van der Waals surface area contributed by atoms with Crippen LogP contribution in [0.4, 0.5) is 0 Å². The average molecular weight is 341 g/mol. The zero-order valence-electron chi connectivity index (χ0n) is 11.4. The minimum Gasteiger partial charge on any atom is -0.469 e. The number of benzene rings is 2. The minimum atomic E-state index is -0.337.